The molecule has 2 rings (SSSR count). The Kier molecular flexibility index (Phi) is 3.27. The molecule has 0 aliphatic rings. The molecule has 0 atom stereocenters. The topological polar surface area (TPSA) is 57.3 Å². The minimum atomic E-state index is -0.461. The van der Waals surface area contributed by atoms with Crippen LogP contribution >= 0.6 is 0 Å². The Hall–Kier alpha value is -2.04. The summed E-state index contributed by atoms with van der Waals surface area (Å²) < 4.78 is 12.0. The first-order chi connectivity index (χ1) is 8.26. The van der Waals surface area contributed by atoms with Crippen molar-refractivity contribution in [2.75, 3.05) is 6.61 Å². The highest BCUT2D eigenvalue weighted by Gasteiger charge is 2.15. The third kappa shape index (κ3) is 2.22. The normalized spacial score (nSPS) is 10.5. The van der Waals surface area contributed by atoms with Gasteiger partial charge in [-0.2, -0.15) is 0 Å². The number of aryl methyl sites for hydroxylation is 1. The van der Waals surface area contributed by atoms with Crippen molar-refractivity contribution >= 4 is 5.97 Å². The van der Waals surface area contributed by atoms with Crippen LogP contribution < -0.4 is 0 Å². The predicted molar refractivity (Wildman–Crippen MR) is 61.6 cm³/mol. The second kappa shape index (κ2) is 4.86. The molecule has 0 N–H and O–H groups in total. The monoisotopic (exact) mass is 234 g/mol. The van der Waals surface area contributed by atoms with E-state index < -0.39 is 5.97 Å². The molecule has 0 saturated carbocycles. The van der Waals surface area contributed by atoms with Gasteiger partial charge in [-0.15, -0.1) is 0 Å². The molecule has 17 heavy (non-hydrogen) atoms. The first-order valence-corrected chi connectivity index (χ1v) is 5.55. The molecule has 2 aromatic heterocycles. The number of esters is 1. The molecule has 0 fully saturated rings. The number of nitrogens with zero attached hydrogens (tertiary/aromatic N) is 2. The SMILES string of the molecule is CCOC(=O)c1cc(-c2cccn2CC)on1. The summed E-state index contributed by atoms with van der Waals surface area (Å²) in [7, 11) is 0. The summed E-state index contributed by atoms with van der Waals surface area (Å²) >= 11 is 0. The van der Waals surface area contributed by atoms with Crippen LogP contribution in [0.2, 0.25) is 0 Å². The van der Waals surface area contributed by atoms with Crippen molar-refractivity contribution < 1.29 is 14.1 Å². The number of aromatic nitrogens is 2. The lowest BCUT2D eigenvalue weighted by atomic mass is 10.3. The molecular weight excluding hydrogens is 220 g/mol. The van der Waals surface area contributed by atoms with Crippen LogP contribution in [0, 0.1) is 0 Å². The molecule has 0 aromatic carbocycles. The molecule has 2 heterocycles. The number of hydrogen-bond acceptors (Lipinski definition) is 4. The van der Waals surface area contributed by atoms with Crippen molar-refractivity contribution in [3.8, 4) is 11.5 Å². The summed E-state index contributed by atoms with van der Waals surface area (Å²) in [4.78, 5) is 11.4. The highest BCUT2D eigenvalue weighted by atomic mass is 16.5. The van der Waals surface area contributed by atoms with E-state index in [-0.39, 0.29) is 5.69 Å². The van der Waals surface area contributed by atoms with E-state index in [4.69, 9.17) is 9.26 Å². The van der Waals surface area contributed by atoms with E-state index in [1.807, 2.05) is 29.8 Å². The van der Waals surface area contributed by atoms with Gasteiger partial charge in [-0.05, 0) is 26.0 Å². The fourth-order valence-corrected chi connectivity index (χ4v) is 1.61. The van der Waals surface area contributed by atoms with E-state index in [0.29, 0.717) is 12.4 Å². The molecule has 0 saturated heterocycles. The number of rotatable bonds is 4. The third-order valence-corrected chi connectivity index (χ3v) is 2.42. The van der Waals surface area contributed by atoms with E-state index in [1.54, 1.807) is 13.0 Å². The van der Waals surface area contributed by atoms with Crippen LogP contribution in [0.3, 0.4) is 0 Å². The highest BCUT2D eigenvalue weighted by Crippen LogP contribution is 2.21. The minimum absolute atomic E-state index is 0.200. The Morgan fingerprint density at radius 1 is 1.53 bits per heavy atom. The maximum Gasteiger partial charge on any atom is 0.360 e. The Morgan fingerprint density at radius 3 is 3.06 bits per heavy atom. The lowest BCUT2D eigenvalue weighted by molar-refractivity contribution is 0.0514. The van der Waals surface area contributed by atoms with Crippen LogP contribution in [0.1, 0.15) is 24.3 Å². The van der Waals surface area contributed by atoms with E-state index >= 15 is 0 Å². The summed E-state index contributed by atoms with van der Waals surface area (Å²) in [6.45, 7) is 4.94. The molecule has 2 aromatic rings. The quantitative estimate of drug-likeness (QED) is 0.762. The van der Waals surface area contributed by atoms with Crippen molar-refractivity contribution in [3.63, 3.8) is 0 Å². The average molecular weight is 234 g/mol. The molecule has 0 aliphatic heterocycles. The second-order valence-electron chi connectivity index (χ2n) is 3.48. The smallest absolute Gasteiger partial charge is 0.360 e. The fourth-order valence-electron chi connectivity index (χ4n) is 1.61. The van der Waals surface area contributed by atoms with Gasteiger partial charge in [0, 0.05) is 18.8 Å². The Labute approximate surface area is 99.0 Å². The molecule has 0 spiro atoms. The zero-order valence-electron chi connectivity index (χ0n) is 9.84. The summed E-state index contributed by atoms with van der Waals surface area (Å²) in [5, 5.41) is 3.70. The summed E-state index contributed by atoms with van der Waals surface area (Å²) in [5.41, 5.74) is 1.10. The van der Waals surface area contributed by atoms with E-state index in [1.165, 1.54) is 0 Å². The standard InChI is InChI=1S/C12H14N2O3/c1-3-14-7-5-6-10(14)11-8-9(13-17-11)12(15)16-4-2/h5-8H,3-4H2,1-2H3. The van der Waals surface area contributed by atoms with Crippen molar-refractivity contribution in [1.29, 1.82) is 0 Å². The van der Waals surface area contributed by atoms with Crippen LogP contribution in [0.25, 0.3) is 11.5 Å². The lowest BCUT2D eigenvalue weighted by Crippen LogP contribution is -2.04. The van der Waals surface area contributed by atoms with Crippen molar-refractivity contribution in [3.05, 3.63) is 30.1 Å². The second-order valence-corrected chi connectivity index (χ2v) is 3.48. The molecule has 0 unspecified atom stereocenters. The molecule has 90 valence electrons. The summed E-state index contributed by atoms with van der Waals surface area (Å²) in [6.07, 6.45) is 1.95. The van der Waals surface area contributed by atoms with Crippen LogP contribution in [0.15, 0.2) is 28.9 Å². The van der Waals surface area contributed by atoms with Crippen LogP contribution in [0.5, 0.6) is 0 Å². The largest absolute Gasteiger partial charge is 0.461 e. The van der Waals surface area contributed by atoms with Gasteiger partial charge in [0.15, 0.2) is 11.5 Å². The third-order valence-electron chi connectivity index (χ3n) is 2.42. The first kappa shape index (κ1) is 11.4. The molecule has 5 heteroatoms. The minimum Gasteiger partial charge on any atom is -0.461 e. The van der Waals surface area contributed by atoms with E-state index in [9.17, 15) is 4.79 Å². The van der Waals surface area contributed by atoms with Gasteiger partial charge in [0.1, 0.15) is 0 Å². The Balaban J connectivity index is 2.27. The maximum atomic E-state index is 11.4. The lowest BCUT2D eigenvalue weighted by Gasteiger charge is -2.01. The fraction of sp³-hybridized carbons (Fsp3) is 0.333. The first-order valence-electron chi connectivity index (χ1n) is 5.55. The van der Waals surface area contributed by atoms with Gasteiger partial charge in [0.2, 0.25) is 0 Å². The number of carbonyl (C=O) groups excluding carboxylic acids is 1. The zero-order valence-corrected chi connectivity index (χ0v) is 9.84. The predicted octanol–water partition coefficient (Wildman–Crippen LogP) is 2.34. The average Bonchev–Trinajstić information content (AvgIpc) is 2.97. The summed E-state index contributed by atoms with van der Waals surface area (Å²) in [5.74, 6) is 0.108. The summed E-state index contributed by atoms with van der Waals surface area (Å²) in [6, 6.07) is 5.43. The number of carbonyl (C=O) groups is 1. The number of hydrogen-bond donors (Lipinski definition) is 0. The van der Waals surface area contributed by atoms with Crippen molar-refractivity contribution in [2.45, 2.75) is 20.4 Å². The van der Waals surface area contributed by atoms with Gasteiger partial charge in [0.05, 0.1) is 12.3 Å². The van der Waals surface area contributed by atoms with Gasteiger partial charge < -0.3 is 13.8 Å². The number of ether oxygens (including phenoxy) is 1. The van der Waals surface area contributed by atoms with E-state index in [0.717, 1.165) is 12.2 Å². The van der Waals surface area contributed by atoms with Gasteiger partial charge in [-0.1, -0.05) is 5.16 Å². The Bertz CT molecular complexity index is 513. The molecular formula is C12H14N2O3. The Morgan fingerprint density at radius 2 is 2.35 bits per heavy atom. The molecule has 0 bridgehead atoms. The van der Waals surface area contributed by atoms with Crippen molar-refractivity contribution in [2.24, 2.45) is 0 Å². The van der Waals surface area contributed by atoms with Crippen molar-refractivity contribution in [1.82, 2.24) is 9.72 Å². The van der Waals surface area contributed by atoms with Crippen LogP contribution in [-0.2, 0) is 11.3 Å². The van der Waals surface area contributed by atoms with Gasteiger partial charge in [0.25, 0.3) is 0 Å². The molecule has 5 nitrogen and oxygen atoms in total. The molecule has 0 aliphatic carbocycles. The molecule has 0 radical (unpaired) electrons. The van der Waals surface area contributed by atoms with E-state index in [2.05, 4.69) is 5.16 Å². The maximum absolute atomic E-state index is 11.4. The molecule has 0 amide bonds. The highest BCUT2D eigenvalue weighted by molar-refractivity contribution is 5.88. The zero-order chi connectivity index (χ0) is 12.3. The van der Waals surface area contributed by atoms with Crippen LogP contribution in [0.4, 0.5) is 0 Å². The van der Waals surface area contributed by atoms with Gasteiger partial charge >= 0.3 is 5.97 Å². The van der Waals surface area contributed by atoms with Gasteiger partial charge in [-0.25, -0.2) is 4.79 Å². The van der Waals surface area contributed by atoms with Gasteiger partial charge in [-0.3, -0.25) is 0 Å². The van der Waals surface area contributed by atoms with Crippen LogP contribution in [-0.4, -0.2) is 22.3 Å².